The van der Waals surface area contributed by atoms with Crippen LogP contribution >= 0.6 is 0 Å². The molecule has 1 amide bonds. The third kappa shape index (κ3) is 4.06. The predicted octanol–water partition coefficient (Wildman–Crippen LogP) is 2.71. The summed E-state index contributed by atoms with van der Waals surface area (Å²) in [6, 6.07) is 9.75. The highest BCUT2D eigenvalue weighted by atomic mass is 16.3. The quantitative estimate of drug-likeness (QED) is 0.794. The summed E-state index contributed by atoms with van der Waals surface area (Å²) in [6.07, 6.45) is 1.72. The molecule has 0 heterocycles. The molecule has 19 heavy (non-hydrogen) atoms. The Morgan fingerprint density at radius 3 is 2.32 bits per heavy atom. The summed E-state index contributed by atoms with van der Waals surface area (Å²) in [4.78, 5) is 12.1. The zero-order chi connectivity index (χ0) is 14.3. The lowest BCUT2D eigenvalue weighted by molar-refractivity contribution is -0.122. The summed E-state index contributed by atoms with van der Waals surface area (Å²) in [7, 11) is 0. The van der Waals surface area contributed by atoms with Crippen molar-refractivity contribution in [3.63, 3.8) is 0 Å². The molecule has 3 heteroatoms. The van der Waals surface area contributed by atoms with Crippen molar-refractivity contribution in [2.24, 2.45) is 5.41 Å². The van der Waals surface area contributed by atoms with Crippen LogP contribution < -0.4 is 5.32 Å². The fourth-order valence-electron chi connectivity index (χ4n) is 2.10. The summed E-state index contributed by atoms with van der Waals surface area (Å²) in [5.41, 5.74) is 0.828. The number of carbonyl (C=O) groups is 1. The maximum Gasteiger partial charge on any atom is 0.227 e. The van der Waals surface area contributed by atoms with Gasteiger partial charge in [0, 0.05) is 12.0 Å². The maximum absolute atomic E-state index is 12.1. The molecular weight excluding hydrogens is 238 g/mol. The molecule has 0 aliphatic carbocycles. The minimum absolute atomic E-state index is 0.0194. The van der Waals surface area contributed by atoms with Crippen molar-refractivity contribution in [3.8, 4) is 0 Å². The SMILES string of the molecule is CCC(CC)(CO)CNC(=O)C(C)c1ccccc1. The first kappa shape index (κ1) is 15.7. The lowest BCUT2D eigenvalue weighted by Gasteiger charge is -2.30. The van der Waals surface area contributed by atoms with Crippen molar-refractivity contribution in [1.82, 2.24) is 5.32 Å². The highest BCUT2D eigenvalue weighted by Crippen LogP contribution is 2.25. The number of nitrogens with one attached hydrogen (secondary N) is 1. The first-order valence-corrected chi connectivity index (χ1v) is 7.02. The van der Waals surface area contributed by atoms with E-state index in [0.717, 1.165) is 18.4 Å². The molecule has 3 nitrogen and oxygen atoms in total. The van der Waals surface area contributed by atoms with Gasteiger partial charge in [0.15, 0.2) is 0 Å². The normalized spacial score (nSPS) is 13.1. The van der Waals surface area contributed by atoms with Crippen LogP contribution in [0.2, 0.25) is 0 Å². The smallest absolute Gasteiger partial charge is 0.227 e. The van der Waals surface area contributed by atoms with Gasteiger partial charge in [-0.2, -0.15) is 0 Å². The fraction of sp³-hybridized carbons (Fsp3) is 0.562. The third-order valence-corrected chi connectivity index (χ3v) is 4.17. The molecule has 0 saturated carbocycles. The molecule has 0 bridgehead atoms. The second-order valence-electron chi connectivity index (χ2n) is 5.22. The van der Waals surface area contributed by atoms with Gasteiger partial charge in [-0.1, -0.05) is 44.2 Å². The van der Waals surface area contributed by atoms with E-state index in [4.69, 9.17) is 0 Å². The molecule has 0 aliphatic rings. The second-order valence-corrected chi connectivity index (χ2v) is 5.22. The molecule has 106 valence electrons. The van der Waals surface area contributed by atoms with Crippen molar-refractivity contribution in [2.45, 2.75) is 39.5 Å². The first-order valence-electron chi connectivity index (χ1n) is 7.02. The van der Waals surface area contributed by atoms with Crippen LogP contribution in [0.15, 0.2) is 30.3 Å². The standard InChI is InChI=1S/C16H25NO2/c1-4-16(5-2,12-18)11-17-15(19)13(3)14-9-7-6-8-10-14/h6-10,13,18H,4-5,11-12H2,1-3H3,(H,17,19). The van der Waals surface area contributed by atoms with Gasteiger partial charge in [0.2, 0.25) is 5.91 Å². The minimum atomic E-state index is -0.188. The zero-order valence-electron chi connectivity index (χ0n) is 12.1. The van der Waals surface area contributed by atoms with E-state index >= 15 is 0 Å². The van der Waals surface area contributed by atoms with E-state index < -0.39 is 0 Å². The number of rotatable bonds is 7. The molecule has 1 atom stereocenters. The first-order chi connectivity index (χ1) is 9.08. The fourth-order valence-corrected chi connectivity index (χ4v) is 2.10. The topological polar surface area (TPSA) is 49.3 Å². The van der Waals surface area contributed by atoms with E-state index in [1.165, 1.54) is 0 Å². The molecule has 1 rings (SSSR count). The Morgan fingerprint density at radius 2 is 1.84 bits per heavy atom. The zero-order valence-corrected chi connectivity index (χ0v) is 12.1. The molecule has 0 aliphatic heterocycles. The molecule has 0 saturated heterocycles. The predicted molar refractivity (Wildman–Crippen MR) is 78.0 cm³/mol. The Hall–Kier alpha value is -1.35. The molecular formula is C16H25NO2. The summed E-state index contributed by atoms with van der Waals surface area (Å²) in [5.74, 6) is -0.141. The Balaban J connectivity index is 2.60. The Bertz CT molecular complexity index is 377. The van der Waals surface area contributed by atoms with Gasteiger partial charge in [0.25, 0.3) is 0 Å². The van der Waals surface area contributed by atoms with Crippen LogP contribution in [0.25, 0.3) is 0 Å². The molecule has 0 aromatic heterocycles. The van der Waals surface area contributed by atoms with Crippen molar-refractivity contribution < 1.29 is 9.90 Å². The van der Waals surface area contributed by atoms with Gasteiger partial charge in [0.05, 0.1) is 12.5 Å². The van der Waals surface area contributed by atoms with E-state index in [0.29, 0.717) is 6.54 Å². The molecule has 1 unspecified atom stereocenters. The molecule has 1 aromatic rings. The van der Waals surface area contributed by atoms with Gasteiger partial charge in [-0.3, -0.25) is 4.79 Å². The molecule has 0 radical (unpaired) electrons. The summed E-state index contributed by atoms with van der Waals surface area (Å²) >= 11 is 0. The Kier molecular flexibility index (Phi) is 6.03. The number of amides is 1. The van der Waals surface area contributed by atoms with Gasteiger partial charge >= 0.3 is 0 Å². The average molecular weight is 263 g/mol. The number of aliphatic hydroxyl groups excluding tert-OH is 1. The number of benzene rings is 1. The highest BCUT2D eigenvalue weighted by molar-refractivity contribution is 5.83. The lowest BCUT2D eigenvalue weighted by atomic mass is 9.83. The van der Waals surface area contributed by atoms with Crippen LogP contribution in [0.1, 0.15) is 45.1 Å². The van der Waals surface area contributed by atoms with Crippen LogP contribution in [0.5, 0.6) is 0 Å². The molecule has 0 fully saturated rings. The van der Waals surface area contributed by atoms with Crippen LogP contribution in [-0.2, 0) is 4.79 Å². The molecule has 2 N–H and O–H groups in total. The van der Waals surface area contributed by atoms with Gasteiger partial charge in [-0.05, 0) is 25.3 Å². The second kappa shape index (κ2) is 7.29. The van der Waals surface area contributed by atoms with Crippen molar-refractivity contribution in [2.75, 3.05) is 13.2 Å². The van der Waals surface area contributed by atoms with Crippen molar-refractivity contribution >= 4 is 5.91 Å². The number of carbonyl (C=O) groups excluding carboxylic acids is 1. The monoisotopic (exact) mass is 263 g/mol. The van der Waals surface area contributed by atoms with E-state index in [-0.39, 0.29) is 23.8 Å². The summed E-state index contributed by atoms with van der Waals surface area (Å²) in [6.45, 7) is 6.65. The van der Waals surface area contributed by atoms with E-state index in [1.54, 1.807) is 0 Å². The van der Waals surface area contributed by atoms with Gasteiger partial charge in [-0.15, -0.1) is 0 Å². The maximum atomic E-state index is 12.1. The van der Waals surface area contributed by atoms with Crippen LogP contribution in [-0.4, -0.2) is 24.2 Å². The van der Waals surface area contributed by atoms with E-state index in [9.17, 15) is 9.90 Å². The van der Waals surface area contributed by atoms with Crippen LogP contribution in [0, 0.1) is 5.41 Å². The summed E-state index contributed by atoms with van der Waals surface area (Å²) < 4.78 is 0. The highest BCUT2D eigenvalue weighted by Gasteiger charge is 2.26. The largest absolute Gasteiger partial charge is 0.396 e. The summed E-state index contributed by atoms with van der Waals surface area (Å²) in [5, 5.41) is 12.5. The Labute approximate surface area is 116 Å². The molecule has 0 spiro atoms. The van der Waals surface area contributed by atoms with Gasteiger partial charge < -0.3 is 10.4 Å². The van der Waals surface area contributed by atoms with Crippen molar-refractivity contribution in [1.29, 1.82) is 0 Å². The van der Waals surface area contributed by atoms with E-state index in [2.05, 4.69) is 5.32 Å². The van der Waals surface area contributed by atoms with E-state index in [1.807, 2.05) is 51.1 Å². The van der Waals surface area contributed by atoms with Crippen LogP contribution in [0.4, 0.5) is 0 Å². The minimum Gasteiger partial charge on any atom is -0.396 e. The molecule has 1 aromatic carbocycles. The number of hydrogen-bond donors (Lipinski definition) is 2. The van der Waals surface area contributed by atoms with Crippen molar-refractivity contribution in [3.05, 3.63) is 35.9 Å². The number of hydrogen-bond acceptors (Lipinski definition) is 2. The Morgan fingerprint density at radius 1 is 1.26 bits per heavy atom. The lowest BCUT2D eigenvalue weighted by Crippen LogP contribution is -2.40. The van der Waals surface area contributed by atoms with Gasteiger partial charge in [0.1, 0.15) is 0 Å². The van der Waals surface area contributed by atoms with Gasteiger partial charge in [-0.25, -0.2) is 0 Å². The third-order valence-electron chi connectivity index (χ3n) is 4.17. The van der Waals surface area contributed by atoms with Crippen LogP contribution in [0.3, 0.4) is 0 Å². The average Bonchev–Trinajstić information content (AvgIpc) is 2.49. The number of aliphatic hydroxyl groups is 1.